The number of Topliss-reactive ketones (excluding diaryl/α,β-unsaturated/α-hetero) is 1. The molecule has 1 N–H and O–H groups in total. The van der Waals surface area contributed by atoms with E-state index in [1.165, 1.54) is 32.3 Å². The number of nitrogens with zero attached hydrogens (tertiary/aromatic N) is 2. The van der Waals surface area contributed by atoms with Gasteiger partial charge in [-0.3, -0.25) is 9.59 Å². The molecule has 0 saturated heterocycles. The molecule has 2 heterocycles. The van der Waals surface area contributed by atoms with Gasteiger partial charge >= 0.3 is 0 Å². The van der Waals surface area contributed by atoms with Gasteiger partial charge in [0.1, 0.15) is 5.76 Å². The van der Waals surface area contributed by atoms with Gasteiger partial charge < -0.3 is 33.5 Å². The van der Waals surface area contributed by atoms with Gasteiger partial charge in [0.15, 0.2) is 23.0 Å². The van der Waals surface area contributed by atoms with Gasteiger partial charge in [-0.25, -0.2) is 0 Å². The Morgan fingerprint density at radius 1 is 1.12 bits per heavy atom. The topological polar surface area (TPSA) is 102 Å². The lowest BCUT2D eigenvalue weighted by Crippen LogP contribution is -2.33. The number of benzene rings is 1. The van der Waals surface area contributed by atoms with Crippen molar-refractivity contribution in [2.24, 2.45) is 0 Å². The second-order valence-electron chi connectivity index (χ2n) is 8.02. The fourth-order valence-corrected chi connectivity index (χ4v) is 3.97. The third-order valence-electron chi connectivity index (χ3n) is 5.52. The van der Waals surface area contributed by atoms with E-state index in [0.29, 0.717) is 41.5 Å². The molecule has 1 aromatic carbocycles. The number of amides is 1. The third kappa shape index (κ3) is 4.68. The Hall–Kier alpha value is -3.46. The number of carbonyl (C=O) groups excluding carboxylic acids is 2. The lowest BCUT2D eigenvalue weighted by atomic mass is 9.94. The first kappa shape index (κ1) is 24.2. The van der Waals surface area contributed by atoms with Crippen LogP contribution in [0.4, 0.5) is 0 Å². The lowest BCUT2D eigenvalue weighted by Gasteiger charge is -2.28. The zero-order valence-corrected chi connectivity index (χ0v) is 19.8. The van der Waals surface area contributed by atoms with Crippen molar-refractivity contribution in [2.75, 3.05) is 48.5 Å². The van der Waals surface area contributed by atoms with Gasteiger partial charge in [-0.05, 0) is 63.8 Å². The van der Waals surface area contributed by atoms with Crippen LogP contribution in [-0.4, -0.2) is 75.1 Å². The number of aryl methyl sites for hydroxylation is 1. The van der Waals surface area contributed by atoms with Gasteiger partial charge in [0.05, 0.1) is 32.9 Å². The minimum Gasteiger partial charge on any atom is -0.503 e. The molecule has 0 unspecified atom stereocenters. The fraction of sp³-hybridized carbons (Fsp3) is 0.417. The van der Waals surface area contributed by atoms with Crippen molar-refractivity contribution >= 4 is 11.7 Å². The van der Waals surface area contributed by atoms with E-state index in [0.717, 1.165) is 6.54 Å². The number of rotatable bonds is 10. The maximum absolute atomic E-state index is 13.4. The van der Waals surface area contributed by atoms with E-state index in [9.17, 15) is 14.7 Å². The van der Waals surface area contributed by atoms with E-state index in [4.69, 9.17) is 18.6 Å². The molecule has 9 nitrogen and oxygen atoms in total. The predicted octanol–water partition coefficient (Wildman–Crippen LogP) is 3.14. The summed E-state index contributed by atoms with van der Waals surface area (Å²) in [5.41, 5.74) is 0.492. The number of hydrogen-bond donors (Lipinski definition) is 1. The van der Waals surface area contributed by atoms with Crippen molar-refractivity contribution in [3.8, 4) is 17.2 Å². The molecular weight excluding hydrogens is 428 g/mol. The van der Waals surface area contributed by atoms with Crippen molar-refractivity contribution < 1.29 is 33.3 Å². The Morgan fingerprint density at radius 2 is 1.76 bits per heavy atom. The molecule has 1 atom stereocenters. The molecule has 0 radical (unpaired) electrons. The summed E-state index contributed by atoms with van der Waals surface area (Å²) in [7, 11) is 8.34. The molecule has 1 aromatic heterocycles. The first-order valence-electron chi connectivity index (χ1n) is 10.5. The largest absolute Gasteiger partial charge is 0.503 e. The number of ketones is 1. The SMILES string of the molecule is COc1cc([C@@H]2C(C(=O)c3ccc(C)o3)=C(O)C(=O)N2CCCN(C)C)cc(OC)c1OC. The first-order chi connectivity index (χ1) is 15.7. The molecule has 0 spiro atoms. The summed E-state index contributed by atoms with van der Waals surface area (Å²) in [6.07, 6.45) is 0.647. The van der Waals surface area contributed by atoms with Crippen LogP contribution in [0.3, 0.4) is 0 Å². The third-order valence-corrected chi connectivity index (χ3v) is 5.52. The maximum atomic E-state index is 13.4. The number of methoxy groups -OCH3 is 3. The molecule has 9 heteroatoms. The summed E-state index contributed by atoms with van der Waals surface area (Å²) in [4.78, 5) is 29.9. The monoisotopic (exact) mass is 458 g/mol. The number of aliphatic hydroxyl groups excluding tert-OH is 1. The van der Waals surface area contributed by atoms with Crippen molar-refractivity contribution in [2.45, 2.75) is 19.4 Å². The van der Waals surface area contributed by atoms with Crippen molar-refractivity contribution in [1.29, 1.82) is 0 Å². The Bertz CT molecular complexity index is 1050. The average molecular weight is 459 g/mol. The molecule has 0 aliphatic carbocycles. The summed E-state index contributed by atoms with van der Waals surface area (Å²) in [6.45, 7) is 2.78. The first-order valence-corrected chi connectivity index (χ1v) is 10.5. The number of aliphatic hydroxyl groups is 1. The highest BCUT2D eigenvalue weighted by molar-refractivity contribution is 6.15. The van der Waals surface area contributed by atoms with E-state index in [2.05, 4.69) is 0 Å². The van der Waals surface area contributed by atoms with Crippen LogP contribution in [0.2, 0.25) is 0 Å². The smallest absolute Gasteiger partial charge is 0.290 e. The number of carbonyl (C=O) groups is 2. The molecule has 1 aliphatic heterocycles. The molecule has 178 valence electrons. The average Bonchev–Trinajstić information content (AvgIpc) is 3.33. The fourth-order valence-electron chi connectivity index (χ4n) is 3.97. The minimum absolute atomic E-state index is 0.0477. The van der Waals surface area contributed by atoms with E-state index in [1.54, 1.807) is 25.1 Å². The van der Waals surface area contributed by atoms with Crippen molar-refractivity contribution in [1.82, 2.24) is 9.80 Å². The normalized spacial score (nSPS) is 16.0. The minimum atomic E-state index is -0.855. The van der Waals surface area contributed by atoms with E-state index < -0.39 is 23.5 Å². The molecule has 3 rings (SSSR count). The zero-order valence-electron chi connectivity index (χ0n) is 19.8. The zero-order chi connectivity index (χ0) is 24.3. The van der Waals surface area contributed by atoms with Crippen LogP contribution in [0.25, 0.3) is 0 Å². The van der Waals surface area contributed by atoms with Crippen LogP contribution < -0.4 is 14.2 Å². The van der Waals surface area contributed by atoms with Crippen LogP contribution >= 0.6 is 0 Å². The van der Waals surface area contributed by atoms with Crippen molar-refractivity contribution in [3.63, 3.8) is 0 Å². The van der Waals surface area contributed by atoms with Crippen LogP contribution in [0.5, 0.6) is 17.2 Å². The van der Waals surface area contributed by atoms with Gasteiger partial charge in [-0.2, -0.15) is 0 Å². The van der Waals surface area contributed by atoms with Crippen LogP contribution in [0.15, 0.2) is 40.0 Å². The molecule has 0 fully saturated rings. The summed E-state index contributed by atoms with van der Waals surface area (Å²) < 4.78 is 21.8. The van der Waals surface area contributed by atoms with Gasteiger partial charge in [0, 0.05) is 6.54 Å². The molecule has 33 heavy (non-hydrogen) atoms. The number of ether oxygens (including phenoxy) is 3. The highest BCUT2D eigenvalue weighted by Crippen LogP contribution is 2.45. The van der Waals surface area contributed by atoms with Crippen molar-refractivity contribution in [3.05, 3.63) is 52.7 Å². The number of hydrogen-bond acceptors (Lipinski definition) is 8. The van der Waals surface area contributed by atoms with Gasteiger partial charge in [-0.1, -0.05) is 0 Å². The second kappa shape index (κ2) is 9.99. The van der Waals surface area contributed by atoms with Gasteiger partial charge in [0.2, 0.25) is 11.5 Å². The second-order valence-corrected chi connectivity index (χ2v) is 8.02. The lowest BCUT2D eigenvalue weighted by molar-refractivity contribution is -0.129. The predicted molar refractivity (Wildman–Crippen MR) is 121 cm³/mol. The summed E-state index contributed by atoms with van der Waals surface area (Å²) >= 11 is 0. The quantitative estimate of drug-likeness (QED) is 0.542. The highest BCUT2D eigenvalue weighted by Gasteiger charge is 2.44. The molecular formula is C24H30N2O7. The summed E-state index contributed by atoms with van der Waals surface area (Å²) in [5.74, 6) is -0.0157. The van der Waals surface area contributed by atoms with Crippen LogP contribution in [-0.2, 0) is 4.79 Å². The van der Waals surface area contributed by atoms with Gasteiger partial charge in [-0.15, -0.1) is 0 Å². The molecule has 1 amide bonds. The summed E-state index contributed by atoms with van der Waals surface area (Å²) in [6, 6.07) is 5.69. The maximum Gasteiger partial charge on any atom is 0.290 e. The Labute approximate surface area is 193 Å². The summed E-state index contributed by atoms with van der Waals surface area (Å²) in [5, 5.41) is 10.8. The van der Waals surface area contributed by atoms with E-state index in [-0.39, 0.29) is 11.3 Å². The standard InChI is InChI=1S/C24H30N2O7/c1-14-8-9-16(33-14)21(27)19-20(26(24(29)22(19)28)11-7-10-25(2)3)15-12-17(30-4)23(32-6)18(13-15)31-5/h8-9,12-13,20,28H,7,10-11H2,1-6H3/t20-/m1/s1. The Balaban J connectivity index is 2.14. The molecule has 2 aromatic rings. The van der Waals surface area contributed by atoms with Gasteiger partial charge in [0.25, 0.3) is 5.91 Å². The van der Waals surface area contributed by atoms with E-state index >= 15 is 0 Å². The van der Waals surface area contributed by atoms with Crippen LogP contribution in [0.1, 0.15) is 34.3 Å². The Kier molecular flexibility index (Phi) is 7.33. The number of furan rings is 1. The Morgan fingerprint density at radius 3 is 2.24 bits per heavy atom. The molecule has 0 saturated carbocycles. The molecule has 0 bridgehead atoms. The highest BCUT2D eigenvalue weighted by atomic mass is 16.5. The molecule has 1 aliphatic rings. The van der Waals surface area contributed by atoms with Crippen LogP contribution in [0, 0.1) is 6.92 Å². The van der Waals surface area contributed by atoms with E-state index in [1.807, 2.05) is 19.0 Å².